The van der Waals surface area contributed by atoms with Gasteiger partial charge >= 0.3 is 0 Å². The number of hydrogen-bond donors (Lipinski definition) is 0. The molecule has 0 nitrogen and oxygen atoms in total. The zero-order chi connectivity index (χ0) is 9.14. The van der Waals surface area contributed by atoms with Gasteiger partial charge in [-0.3, -0.25) is 0 Å². The Morgan fingerprint density at radius 2 is 2.17 bits per heavy atom. The number of benzene rings is 1. The lowest BCUT2D eigenvalue weighted by Crippen LogP contribution is -1.95. The normalized spacial score (nSPS) is 13.0. The SMILES string of the molecule is Cc1ccc(C(C)CBr)c(Cl)c1. The smallest absolute Gasteiger partial charge is 0.0443 e. The first-order chi connectivity index (χ1) is 5.65. The number of halogens is 2. The van der Waals surface area contributed by atoms with E-state index in [1.54, 1.807) is 0 Å². The van der Waals surface area contributed by atoms with Crippen molar-refractivity contribution in [2.45, 2.75) is 19.8 Å². The van der Waals surface area contributed by atoms with Crippen LogP contribution in [0.4, 0.5) is 0 Å². The molecular weight excluding hydrogens is 235 g/mol. The van der Waals surface area contributed by atoms with Gasteiger partial charge in [-0.1, -0.05) is 46.6 Å². The van der Waals surface area contributed by atoms with Gasteiger partial charge in [-0.15, -0.1) is 0 Å². The first-order valence-corrected chi connectivity index (χ1v) is 5.47. The molecule has 0 aliphatic carbocycles. The Hall–Kier alpha value is -0.0100. The molecule has 0 bridgehead atoms. The van der Waals surface area contributed by atoms with Gasteiger partial charge in [0.2, 0.25) is 0 Å². The lowest BCUT2D eigenvalue weighted by atomic mass is 10.0. The molecule has 12 heavy (non-hydrogen) atoms. The van der Waals surface area contributed by atoms with E-state index in [2.05, 4.69) is 41.9 Å². The molecule has 0 saturated heterocycles. The Kier molecular flexibility index (Phi) is 3.60. The summed E-state index contributed by atoms with van der Waals surface area (Å²) >= 11 is 9.53. The molecule has 0 spiro atoms. The Morgan fingerprint density at radius 1 is 1.50 bits per heavy atom. The first kappa shape index (κ1) is 10.1. The molecule has 1 aromatic rings. The van der Waals surface area contributed by atoms with Gasteiger partial charge in [0.1, 0.15) is 0 Å². The maximum absolute atomic E-state index is 6.08. The summed E-state index contributed by atoms with van der Waals surface area (Å²) in [7, 11) is 0. The summed E-state index contributed by atoms with van der Waals surface area (Å²) in [6.45, 7) is 4.21. The van der Waals surface area contributed by atoms with Crippen molar-refractivity contribution in [2.24, 2.45) is 0 Å². The molecule has 0 aromatic heterocycles. The van der Waals surface area contributed by atoms with Crippen LogP contribution >= 0.6 is 27.5 Å². The predicted octanol–water partition coefficient (Wildman–Crippen LogP) is 4.15. The molecule has 66 valence electrons. The highest BCUT2D eigenvalue weighted by molar-refractivity contribution is 9.09. The molecule has 0 aliphatic heterocycles. The lowest BCUT2D eigenvalue weighted by molar-refractivity contribution is 0.887. The fraction of sp³-hybridized carbons (Fsp3) is 0.400. The molecule has 0 fully saturated rings. The standard InChI is InChI=1S/C10H12BrCl/c1-7-3-4-9(8(2)6-11)10(12)5-7/h3-5,8H,6H2,1-2H3. The molecule has 2 heteroatoms. The Balaban J connectivity index is 3.01. The molecule has 0 N–H and O–H groups in total. The summed E-state index contributed by atoms with van der Waals surface area (Å²) in [5, 5.41) is 1.83. The average Bonchev–Trinajstić information content (AvgIpc) is 2.03. The third kappa shape index (κ3) is 2.24. The highest BCUT2D eigenvalue weighted by atomic mass is 79.9. The highest BCUT2D eigenvalue weighted by Gasteiger charge is 2.07. The van der Waals surface area contributed by atoms with Gasteiger partial charge in [0.15, 0.2) is 0 Å². The molecular formula is C10H12BrCl. The molecule has 0 aliphatic rings. The molecule has 0 saturated carbocycles. The van der Waals surface area contributed by atoms with Crippen molar-refractivity contribution in [1.82, 2.24) is 0 Å². The average molecular weight is 248 g/mol. The van der Waals surface area contributed by atoms with Crippen LogP contribution < -0.4 is 0 Å². The van der Waals surface area contributed by atoms with E-state index in [0.717, 1.165) is 10.4 Å². The van der Waals surface area contributed by atoms with Crippen LogP contribution in [0, 0.1) is 6.92 Å². The second-order valence-corrected chi connectivity index (χ2v) is 4.13. The van der Waals surface area contributed by atoms with Crippen molar-refractivity contribution in [2.75, 3.05) is 5.33 Å². The minimum atomic E-state index is 0.484. The predicted molar refractivity (Wildman–Crippen MR) is 58.4 cm³/mol. The van der Waals surface area contributed by atoms with Crippen LogP contribution in [0.5, 0.6) is 0 Å². The number of aryl methyl sites for hydroxylation is 1. The third-order valence-electron chi connectivity index (χ3n) is 1.92. The highest BCUT2D eigenvalue weighted by Crippen LogP contribution is 2.26. The molecule has 1 atom stereocenters. The van der Waals surface area contributed by atoms with E-state index in [-0.39, 0.29) is 0 Å². The number of rotatable bonds is 2. The first-order valence-electron chi connectivity index (χ1n) is 3.97. The molecule has 1 unspecified atom stereocenters. The fourth-order valence-corrected chi connectivity index (χ4v) is 1.89. The van der Waals surface area contributed by atoms with Gasteiger partial charge in [0.05, 0.1) is 0 Å². The monoisotopic (exact) mass is 246 g/mol. The summed E-state index contributed by atoms with van der Waals surface area (Å²) in [5.74, 6) is 0.484. The van der Waals surface area contributed by atoms with E-state index in [1.165, 1.54) is 11.1 Å². The second-order valence-electron chi connectivity index (χ2n) is 3.08. The summed E-state index contributed by atoms with van der Waals surface area (Å²) in [6, 6.07) is 6.21. The van der Waals surface area contributed by atoms with Crippen molar-refractivity contribution in [1.29, 1.82) is 0 Å². The van der Waals surface area contributed by atoms with E-state index in [9.17, 15) is 0 Å². The van der Waals surface area contributed by atoms with Gasteiger partial charge in [-0.05, 0) is 30.0 Å². The van der Waals surface area contributed by atoms with Gasteiger partial charge < -0.3 is 0 Å². The largest absolute Gasteiger partial charge is 0.0922 e. The van der Waals surface area contributed by atoms with Gasteiger partial charge in [-0.2, -0.15) is 0 Å². The van der Waals surface area contributed by atoms with E-state index in [4.69, 9.17) is 11.6 Å². The number of alkyl halides is 1. The topological polar surface area (TPSA) is 0 Å². The quantitative estimate of drug-likeness (QED) is 0.689. The van der Waals surface area contributed by atoms with Crippen LogP contribution in [0.3, 0.4) is 0 Å². The zero-order valence-corrected chi connectivity index (χ0v) is 9.61. The maximum atomic E-state index is 6.08. The summed E-state index contributed by atoms with van der Waals surface area (Å²) in [5.41, 5.74) is 2.43. The van der Waals surface area contributed by atoms with Crippen molar-refractivity contribution in [3.8, 4) is 0 Å². The van der Waals surface area contributed by atoms with Crippen LogP contribution in [0.2, 0.25) is 5.02 Å². The van der Waals surface area contributed by atoms with Crippen LogP contribution in [0.25, 0.3) is 0 Å². The van der Waals surface area contributed by atoms with Crippen LogP contribution in [-0.4, -0.2) is 5.33 Å². The Labute approximate surface area is 87.1 Å². The van der Waals surface area contributed by atoms with Crippen molar-refractivity contribution >= 4 is 27.5 Å². The van der Waals surface area contributed by atoms with E-state index in [0.29, 0.717) is 5.92 Å². The van der Waals surface area contributed by atoms with E-state index in [1.807, 2.05) is 6.07 Å². The maximum Gasteiger partial charge on any atom is 0.0443 e. The molecule has 1 rings (SSSR count). The molecule has 0 heterocycles. The fourth-order valence-electron chi connectivity index (χ4n) is 1.11. The van der Waals surface area contributed by atoms with Gasteiger partial charge in [0.25, 0.3) is 0 Å². The molecule has 0 amide bonds. The zero-order valence-electron chi connectivity index (χ0n) is 7.27. The summed E-state index contributed by atoms with van der Waals surface area (Å²) in [6.07, 6.45) is 0. The minimum Gasteiger partial charge on any atom is -0.0922 e. The lowest BCUT2D eigenvalue weighted by Gasteiger charge is -2.10. The van der Waals surface area contributed by atoms with Gasteiger partial charge in [0, 0.05) is 10.4 Å². The minimum absolute atomic E-state index is 0.484. The molecule has 1 aromatic carbocycles. The molecule has 0 radical (unpaired) electrons. The van der Waals surface area contributed by atoms with E-state index >= 15 is 0 Å². The third-order valence-corrected chi connectivity index (χ3v) is 3.22. The number of hydrogen-bond acceptors (Lipinski definition) is 0. The van der Waals surface area contributed by atoms with E-state index < -0.39 is 0 Å². The van der Waals surface area contributed by atoms with Crippen molar-refractivity contribution in [3.05, 3.63) is 34.3 Å². The van der Waals surface area contributed by atoms with Crippen molar-refractivity contribution < 1.29 is 0 Å². The van der Waals surface area contributed by atoms with Crippen LogP contribution in [0.15, 0.2) is 18.2 Å². The summed E-state index contributed by atoms with van der Waals surface area (Å²) in [4.78, 5) is 0. The Bertz CT molecular complexity index is 271. The van der Waals surface area contributed by atoms with Crippen molar-refractivity contribution in [3.63, 3.8) is 0 Å². The van der Waals surface area contributed by atoms with Crippen LogP contribution in [-0.2, 0) is 0 Å². The summed E-state index contributed by atoms with van der Waals surface area (Å²) < 4.78 is 0. The van der Waals surface area contributed by atoms with Gasteiger partial charge in [-0.25, -0.2) is 0 Å². The Morgan fingerprint density at radius 3 is 2.67 bits per heavy atom. The second kappa shape index (κ2) is 4.29. The van der Waals surface area contributed by atoms with Crippen LogP contribution in [0.1, 0.15) is 24.0 Å².